The van der Waals surface area contributed by atoms with Gasteiger partial charge in [0.25, 0.3) is 0 Å². The molecule has 13 heavy (non-hydrogen) atoms. The van der Waals surface area contributed by atoms with E-state index in [1.807, 2.05) is 31.2 Å². The highest BCUT2D eigenvalue weighted by molar-refractivity contribution is 5.72. The molecule has 0 atom stereocenters. The Hall–Kier alpha value is -1.35. The SMILES string of the molecule is CC(=O)NNCc1ccc(C)cc1. The summed E-state index contributed by atoms with van der Waals surface area (Å²) in [6, 6.07) is 8.16. The average molecular weight is 178 g/mol. The number of aryl methyl sites for hydroxylation is 1. The van der Waals surface area contributed by atoms with E-state index in [-0.39, 0.29) is 5.91 Å². The summed E-state index contributed by atoms with van der Waals surface area (Å²) in [5.41, 5.74) is 7.73. The van der Waals surface area contributed by atoms with E-state index >= 15 is 0 Å². The van der Waals surface area contributed by atoms with Gasteiger partial charge in [0.1, 0.15) is 0 Å². The molecule has 1 rings (SSSR count). The molecule has 0 aliphatic rings. The van der Waals surface area contributed by atoms with Crippen LogP contribution in [0.4, 0.5) is 0 Å². The molecule has 2 N–H and O–H groups in total. The van der Waals surface area contributed by atoms with Gasteiger partial charge in [-0.1, -0.05) is 29.8 Å². The molecule has 0 saturated carbocycles. The second-order valence-electron chi connectivity index (χ2n) is 3.02. The van der Waals surface area contributed by atoms with E-state index in [4.69, 9.17) is 0 Å². The van der Waals surface area contributed by atoms with Crippen molar-refractivity contribution in [1.82, 2.24) is 10.9 Å². The molecule has 1 aromatic rings. The summed E-state index contributed by atoms with van der Waals surface area (Å²) in [4.78, 5) is 10.5. The van der Waals surface area contributed by atoms with Gasteiger partial charge in [0.05, 0.1) is 0 Å². The zero-order valence-electron chi connectivity index (χ0n) is 7.92. The molecule has 1 amide bonds. The Kier molecular flexibility index (Phi) is 3.46. The highest BCUT2D eigenvalue weighted by Gasteiger charge is 1.92. The summed E-state index contributed by atoms with van der Waals surface area (Å²) >= 11 is 0. The van der Waals surface area contributed by atoms with Gasteiger partial charge in [-0.15, -0.1) is 0 Å². The molecule has 0 spiro atoms. The van der Waals surface area contributed by atoms with Crippen molar-refractivity contribution in [1.29, 1.82) is 0 Å². The first-order valence-corrected chi connectivity index (χ1v) is 4.23. The van der Waals surface area contributed by atoms with Gasteiger partial charge >= 0.3 is 0 Å². The molecule has 0 aromatic heterocycles. The smallest absolute Gasteiger partial charge is 0.230 e. The second-order valence-corrected chi connectivity index (χ2v) is 3.02. The number of carbonyl (C=O) groups excluding carboxylic acids is 1. The molecule has 1 aromatic carbocycles. The first-order chi connectivity index (χ1) is 6.18. The van der Waals surface area contributed by atoms with Crippen molar-refractivity contribution < 1.29 is 4.79 Å². The quantitative estimate of drug-likeness (QED) is 0.681. The fourth-order valence-electron chi connectivity index (χ4n) is 0.977. The number of nitrogens with one attached hydrogen (secondary N) is 2. The molecule has 70 valence electrons. The number of hydrogen-bond acceptors (Lipinski definition) is 2. The normalized spacial score (nSPS) is 9.69. The number of carbonyl (C=O) groups is 1. The van der Waals surface area contributed by atoms with E-state index in [9.17, 15) is 4.79 Å². The lowest BCUT2D eigenvalue weighted by Crippen LogP contribution is -2.34. The highest BCUT2D eigenvalue weighted by Crippen LogP contribution is 2.01. The minimum Gasteiger partial charge on any atom is -0.292 e. The van der Waals surface area contributed by atoms with Gasteiger partial charge < -0.3 is 0 Å². The Morgan fingerprint density at radius 1 is 1.31 bits per heavy atom. The third-order valence-electron chi connectivity index (χ3n) is 1.68. The average Bonchev–Trinajstić information content (AvgIpc) is 2.08. The van der Waals surface area contributed by atoms with Crippen molar-refractivity contribution in [2.24, 2.45) is 0 Å². The zero-order valence-corrected chi connectivity index (χ0v) is 7.92. The number of rotatable bonds is 3. The lowest BCUT2D eigenvalue weighted by Gasteiger charge is -2.04. The van der Waals surface area contributed by atoms with Crippen LogP contribution < -0.4 is 10.9 Å². The van der Waals surface area contributed by atoms with E-state index in [1.54, 1.807) is 0 Å². The predicted molar refractivity (Wildman–Crippen MR) is 51.8 cm³/mol. The van der Waals surface area contributed by atoms with Crippen molar-refractivity contribution >= 4 is 5.91 Å². The molecule has 0 saturated heterocycles. The fraction of sp³-hybridized carbons (Fsp3) is 0.300. The van der Waals surface area contributed by atoms with Crippen LogP contribution in [0.3, 0.4) is 0 Å². The maximum absolute atomic E-state index is 10.5. The van der Waals surface area contributed by atoms with Crippen LogP contribution in [0.2, 0.25) is 0 Å². The van der Waals surface area contributed by atoms with Gasteiger partial charge in [-0.3, -0.25) is 10.2 Å². The van der Waals surface area contributed by atoms with E-state index in [0.29, 0.717) is 6.54 Å². The number of amides is 1. The summed E-state index contributed by atoms with van der Waals surface area (Å²) in [6.45, 7) is 4.17. The summed E-state index contributed by atoms with van der Waals surface area (Å²) in [5.74, 6) is -0.0767. The first-order valence-electron chi connectivity index (χ1n) is 4.23. The van der Waals surface area contributed by atoms with Crippen molar-refractivity contribution in [3.05, 3.63) is 35.4 Å². The van der Waals surface area contributed by atoms with E-state index in [2.05, 4.69) is 10.9 Å². The number of hydrazine groups is 1. The summed E-state index contributed by atoms with van der Waals surface area (Å²) in [6.07, 6.45) is 0. The third-order valence-corrected chi connectivity index (χ3v) is 1.68. The summed E-state index contributed by atoms with van der Waals surface area (Å²) in [5, 5.41) is 0. The molecule has 0 bridgehead atoms. The van der Waals surface area contributed by atoms with Crippen LogP contribution in [-0.2, 0) is 11.3 Å². The van der Waals surface area contributed by atoms with Gasteiger partial charge in [-0.25, -0.2) is 5.43 Å². The van der Waals surface area contributed by atoms with Gasteiger partial charge in [0, 0.05) is 13.5 Å². The van der Waals surface area contributed by atoms with E-state index in [1.165, 1.54) is 12.5 Å². The van der Waals surface area contributed by atoms with Crippen LogP contribution in [0.5, 0.6) is 0 Å². The molecule has 3 nitrogen and oxygen atoms in total. The van der Waals surface area contributed by atoms with Crippen LogP contribution in [0.15, 0.2) is 24.3 Å². The van der Waals surface area contributed by atoms with Crippen LogP contribution in [0, 0.1) is 6.92 Å². The number of benzene rings is 1. The minimum absolute atomic E-state index is 0.0767. The Labute approximate surface area is 78.1 Å². The minimum atomic E-state index is -0.0767. The molecule has 0 radical (unpaired) electrons. The van der Waals surface area contributed by atoms with Gasteiger partial charge in [-0.2, -0.15) is 0 Å². The summed E-state index contributed by atoms with van der Waals surface area (Å²) < 4.78 is 0. The van der Waals surface area contributed by atoms with Crippen LogP contribution in [0.1, 0.15) is 18.1 Å². The number of hydrogen-bond donors (Lipinski definition) is 2. The molecule has 3 heteroatoms. The Morgan fingerprint density at radius 2 is 1.92 bits per heavy atom. The lowest BCUT2D eigenvalue weighted by atomic mass is 10.1. The molecular weight excluding hydrogens is 164 g/mol. The Balaban J connectivity index is 2.37. The highest BCUT2D eigenvalue weighted by atomic mass is 16.2. The van der Waals surface area contributed by atoms with Crippen LogP contribution >= 0.6 is 0 Å². The van der Waals surface area contributed by atoms with Gasteiger partial charge in [0.15, 0.2) is 0 Å². The fourth-order valence-corrected chi connectivity index (χ4v) is 0.977. The third kappa shape index (κ3) is 3.71. The molecule has 0 heterocycles. The second kappa shape index (κ2) is 4.62. The van der Waals surface area contributed by atoms with Crippen molar-refractivity contribution in [2.45, 2.75) is 20.4 Å². The summed E-state index contributed by atoms with van der Waals surface area (Å²) in [7, 11) is 0. The van der Waals surface area contributed by atoms with E-state index in [0.717, 1.165) is 5.56 Å². The van der Waals surface area contributed by atoms with Crippen molar-refractivity contribution in [3.63, 3.8) is 0 Å². The van der Waals surface area contributed by atoms with Gasteiger partial charge in [0.2, 0.25) is 5.91 Å². The van der Waals surface area contributed by atoms with E-state index < -0.39 is 0 Å². The first kappa shape index (κ1) is 9.74. The van der Waals surface area contributed by atoms with Crippen molar-refractivity contribution in [3.8, 4) is 0 Å². The Morgan fingerprint density at radius 3 is 2.46 bits per heavy atom. The molecule has 0 fully saturated rings. The zero-order chi connectivity index (χ0) is 9.68. The maximum atomic E-state index is 10.5. The molecule has 0 aliphatic carbocycles. The predicted octanol–water partition coefficient (Wildman–Crippen LogP) is 1.14. The standard InChI is InChI=1S/C10H14N2O/c1-8-3-5-10(6-4-8)7-11-12-9(2)13/h3-6,11H,7H2,1-2H3,(H,12,13). The topological polar surface area (TPSA) is 41.1 Å². The van der Waals surface area contributed by atoms with Crippen LogP contribution in [-0.4, -0.2) is 5.91 Å². The monoisotopic (exact) mass is 178 g/mol. The van der Waals surface area contributed by atoms with Gasteiger partial charge in [-0.05, 0) is 12.5 Å². The Bertz CT molecular complexity index is 279. The lowest BCUT2D eigenvalue weighted by molar-refractivity contribution is -0.119. The molecular formula is C10H14N2O. The van der Waals surface area contributed by atoms with Crippen molar-refractivity contribution in [2.75, 3.05) is 0 Å². The maximum Gasteiger partial charge on any atom is 0.230 e. The molecule has 0 unspecified atom stereocenters. The largest absolute Gasteiger partial charge is 0.292 e. The molecule has 0 aliphatic heterocycles. The van der Waals surface area contributed by atoms with Crippen LogP contribution in [0.25, 0.3) is 0 Å².